The number of rotatable bonds is 5. The van der Waals surface area contributed by atoms with Gasteiger partial charge in [0.2, 0.25) is 0 Å². The lowest BCUT2D eigenvalue weighted by atomic mass is 10.0. The molecule has 0 aliphatic rings. The van der Waals surface area contributed by atoms with Crippen LogP contribution in [0.4, 0.5) is 0 Å². The van der Waals surface area contributed by atoms with Gasteiger partial charge < -0.3 is 5.32 Å². The fourth-order valence-electron chi connectivity index (χ4n) is 2.04. The van der Waals surface area contributed by atoms with Gasteiger partial charge in [-0.05, 0) is 69.4 Å². The maximum Gasteiger partial charge on any atom is 0.0843 e. The van der Waals surface area contributed by atoms with Crippen molar-refractivity contribution in [2.24, 2.45) is 0 Å². The summed E-state index contributed by atoms with van der Waals surface area (Å²) in [5.74, 6) is 0. The molecule has 0 aliphatic carbocycles. The third kappa shape index (κ3) is 3.95. The Morgan fingerprint density at radius 1 is 1.15 bits per heavy atom. The highest BCUT2D eigenvalue weighted by atomic mass is 79.9. The Labute approximate surface area is 149 Å². The van der Waals surface area contributed by atoms with Crippen molar-refractivity contribution in [1.82, 2.24) is 5.32 Å². The van der Waals surface area contributed by atoms with Crippen molar-refractivity contribution in [3.05, 3.63) is 53.0 Å². The molecule has 1 nitrogen and oxygen atoms in total. The Morgan fingerprint density at radius 3 is 2.50 bits per heavy atom. The van der Waals surface area contributed by atoms with Crippen LogP contribution in [0.15, 0.2) is 37.0 Å². The van der Waals surface area contributed by atoms with Crippen LogP contribution >= 0.6 is 59.1 Å². The summed E-state index contributed by atoms with van der Waals surface area (Å²) in [5, 5.41) is 3.65. The molecule has 1 aromatic heterocycles. The summed E-state index contributed by atoms with van der Waals surface area (Å²) in [6, 6.07) is 8.92. The number of thiophene rings is 1. The third-order valence-electron chi connectivity index (χ3n) is 3.01. The second-order valence-electron chi connectivity index (χ2n) is 4.68. The zero-order valence-corrected chi connectivity index (χ0v) is 16.9. The van der Waals surface area contributed by atoms with Crippen molar-refractivity contribution in [2.75, 3.05) is 6.54 Å². The van der Waals surface area contributed by atoms with Crippen LogP contribution in [0.5, 0.6) is 0 Å². The van der Waals surface area contributed by atoms with E-state index >= 15 is 0 Å². The lowest BCUT2D eigenvalue weighted by molar-refractivity contribution is 0.604. The third-order valence-corrected chi connectivity index (χ3v) is 7.05. The Hall–Kier alpha value is 0.320. The van der Waals surface area contributed by atoms with E-state index in [1.54, 1.807) is 11.3 Å². The van der Waals surface area contributed by atoms with Gasteiger partial charge in [-0.2, -0.15) is 0 Å². The van der Waals surface area contributed by atoms with E-state index in [9.17, 15) is 0 Å². The maximum atomic E-state index is 3.69. The lowest BCUT2D eigenvalue weighted by Crippen LogP contribution is -2.22. The first-order valence-corrected chi connectivity index (χ1v) is 9.66. The van der Waals surface area contributed by atoms with Crippen LogP contribution < -0.4 is 5.32 Å². The van der Waals surface area contributed by atoms with Gasteiger partial charge in [0.15, 0.2) is 0 Å². The molecule has 1 heterocycles. The summed E-state index contributed by atoms with van der Waals surface area (Å²) in [4.78, 5) is 1.31. The molecule has 1 atom stereocenters. The van der Waals surface area contributed by atoms with E-state index in [0.717, 1.165) is 25.7 Å². The van der Waals surface area contributed by atoms with Gasteiger partial charge in [-0.25, -0.2) is 0 Å². The van der Waals surface area contributed by atoms with Crippen LogP contribution in [0.1, 0.15) is 35.4 Å². The minimum absolute atomic E-state index is 0.219. The van der Waals surface area contributed by atoms with Gasteiger partial charge >= 0.3 is 0 Å². The Bertz CT molecular complexity index is 575. The number of halogens is 3. The molecule has 1 N–H and O–H groups in total. The van der Waals surface area contributed by atoms with E-state index in [4.69, 9.17) is 0 Å². The average molecular weight is 482 g/mol. The standard InChI is InChI=1S/C15H16Br3NS/c1-3-6-19-14(13-8-12(17)15(18)20-13)10-7-9(2)4-5-11(10)16/h4-5,7-8,14,19H,3,6H2,1-2H3. The molecule has 0 spiro atoms. The van der Waals surface area contributed by atoms with E-state index in [1.807, 2.05) is 0 Å². The average Bonchev–Trinajstić information content (AvgIpc) is 2.74. The molecular weight excluding hydrogens is 466 g/mol. The normalized spacial score (nSPS) is 12.7. The highest BCUT2D eigenvalue weighted by Crippen LogP contribution is 2.39. The van der Waals surface area contributed by atoms with E-state index in [1.165, 1.54) is 16.0 Å². The van der Waals surface area contributed by atoms with Gasteiger partial charge in [0, 0.05) is 13.8 Å². The number of benzene rings is 1. The highest BCUT2D eigenvalue weighted by molar-refractivity contribution is 9.13. The van der Waals surface area contributed by atoms with Gasteiger partial charge in [0.25, 0.3) is 0 Å². The fraction of sp³-hybridized carbons (Fsp3) is 0.333. The summed E-state index contributed by atoms with van der Waals surface area (Å²) < 4.78 is 3.40. The van der Waals surface area contributed by atoms with E-state index in [2.05, 4.69) is 91.2 Å². The topological polar surface area (TPSA) is 12.0 Å². The largest absolute Gasteiger partial charge is 0.306 e. The minimum atomic E-state index is 0.219. The van der Waals surface area contributed by atoms with Gasteiger partial charge in [-0.1, -0.05) is 40.5 Å². The molecule has 1 aromatic carbocycles. The summed E-state index contributed by atoms with van der Waals surface area (Å²) in [6.07, 6.45) is 1.12. The second kappa shape index (κ2) is 7.54. The number of nitrogens with one attached hydrogen (secondary N) is 1. The van der Waals surface area contributed by atoms with Crippen molar-refractivity contribution >= 4 is 59.1 Å². The highest BCUT2D eigenvalue weighted by Gasteiger charge is 2.19. The van der Waals surface area contributed by atoms with Crippen molar-refractivity contribution < 1.29 is 0 Å². The Kier molecular flexibility index (Phi) is 6.29. The predicted molar refractivity (Wildman–Crippen MR) is 98.7 cm³/mol. The van der Waals surface area contributed by atoms with Crippen molar-refractivity contribution in [3.8, 4) is 0 Å². The zero-order valence-electron chi connectivity index (χ0n) is 11.3. The molecule has 20 heavy (non-hydrogen) atoms. The summed E-state index contributed by atoms with van der Waals surface area (Å²) in [6.45, 7) is 5.32. The quantitative estimate of drug-likeness (QED) is 0.518. The number of aryl methyl sites for hydroxylation is 1. The molecule has 108 valence electrons. The second-order valence-corrected chi connectivity index (χ2v) is 8.79. The fourth-order valence-corrected chi connectivity index (χ4v) is 4.70. The van der Waals surface area contributed by atoms with Crippen LogP contribution in [0, 0.1) is 6.92 Å². The molecule has 0 saturated carbocycles. The first-order valence-electron chi connectivity index (χ1n) is 6.47. The minimum Gasteiger partial charge on any atom is -0.306 e. The van der Waals surface area contributed by atoms with Crippen LogP contribution in [-0.4, -0.2) is 6.54 Å². The van der Waals surface area contributed by atoms with Gasteiger partial charge in [-0.3, -0.25) is 0 Å². The molecule has 0 aliphatic heterocycles. The lowest BCUT2D eigenvalue weighted by Gasteiger charge is -2.19. The van der Waals surface area contributed by atoms with Gasteiger partial charge in [0.1, 0.15) is 0 Å². The van der Waals surface area contributed by atoms with Crippen molar-refractivity contribution in [3.63, 3.8) is 0 Å². The zero-order chi connectivity index (χ0) is 14.7. The van der Waals surface area contributed by atoms with Crippen LogP contribution in [0.2, 0.25) is 0 Å². The monoisotopic (exact) mass is 479 g/mol. The molecule has 0 fully saturated rings. The molecule has 2 aromatic rings. The van der Waals surface area contributed by atoms with Crippen LogP contribution in [-0.2, 0) is 0 Å². The molecule has 0 radical (unpaired) electrons. The van der Waals surface area contributed by atoms with E-state index < -0.39 is 0 Å². The predicted octanol–water partition coefficient (Wildman–Crippen LogP) is 6.43. The van der Waals surface area contributed by atoms with Gasteiger partial charge in [-0.15, -0.1) is 11.3 Å². The smallest absolute Gasteiger partial charge is 0.0843 e. The van der Waals surface area contributed by atoms with Gasteiger partial charge in [0.05, 0.1) is 9.83 Å². The van der Waals surface area contributed by atoms with Crippen molar-refractivity contribution in [2.45, 2.75) is 26.3 Å². The van der Waals surface area contributed by atoms with E-state index in [-0.39, 0.29) is 6.04 Å². The SMILES string of the molecule is CCCNC(c1cc(Br)c(Br)s1)c1cc(C)ccc1Br. The first kappa shape index (κ1) is 16.7. The summed E-state index contributed by atoms with van der Waals surface area (Å²) in [5.41, 5.74) is 2.57. The summed E-state index contributed by atoms with van der Waals surface area (Å²) >= 11 is 12.6. The first-order chi connectivity index (χ1) is 9.52. The Morgan fingerprint density at radius 2 is 1.90 bits per heavy atom. The molecule has 0 saturated heterocycles. The molecule has 0 amide bonds. The molecule has 2 rings (SSSR count). The molecule has 1 unspecified atom stereocenters. The summed E-state index contributed by atoms with van der Waals surface area (Å²) in [7, 11) is 0. The molecule has 5 heteroatoms. The molecular formula is C15H16Br3NS. The number of hydrogen-bond donors (Lipinski definition) is 1. The Balaban J connectivity index is 2.43. The van der Waals surface area contributed by atoms with Crippen LogP contribution in [0.3, 0.4) is 0 Å². The molecule has 0 bridgehead atoms. The van der Waals surface area contributed by atoms with E-state index in [0.29, 0.717) is 0 Å². The number of hydrogen-bond acceptors (Lipinski definition) is 2. The van der Waals surface area contributed by atoms with Crippen LogP contribution in [0.25, 0.3) is 0 Å². The maximum absolute atomic E-state index is 3.69. The van der Waals surface area contributed by atoms with Crippen molar-refractivity contribution in [1.29, 1.82) is 0 Å².